The van der Waals surface area contributed by atoms with Crippen molar-refractivity contribution in [1.82, 2.24) is 0 Å². The molecule has 19 heavy (non-hydrogen) atoms. The molecule has 1 aromatic heterocycles. The summed E-state index contributed by atoms with van der Waals surface area (Å²) >= 11 is 7.18. The smallest absolute Gasteiger partial charge is 0.258 e. The molecule has 94 valence electrons. The second kappa shape index (κ2) is 5.65. The van der Waals surface area contributed by atoms with Crippen molar-refractivity contribution in [2.45, 2.75) is 0 Å². The summed E-state index contributed by atoms with van der Waals surface area (Å²) in [6, 6.07) is 11.5. The molecule has 2 rings (SSSR count). The number of nitro groups is 1. The van der Waals surface area contributed by atoms with Crippen LogP contribution in [0, 0.1) is 21.4 Å². The monoisotopic (exact) mass is 290 g/mol. The standard InChI is InChI=1S/C13H7ClN2O2S/c14-13-6-5-12(19-13)7-10(8-15)9-1-3-11(4-2-9)16(17)18/h1-7H/b10-7-. The molecule has 0 bridgehead atoms. The number of thiophene rings is 1. The van der Waals surface area contributed by atoms with Gasteiger partial charge in [0, 0.05) is 17.0 Å². The summed E-state index contributed by atoms with van der Waals surface area (Å²) < 4.78 is 0.646. The highest BCUT2D eigenvalue weighted by molar-refractivity contribution is 7.17. The van der Waals surface area contributed by atoms with Gasteiger partial charge in [-0.05, 0) is 35.9 Å². The first kappa shape index (κ1) is 13.3. The Kier molecular flexibility index (Phi) is 3.95. The molecule has 0 fully saturated rings. The van der Waals surface area contributed by atoms with Crippen LogP contribution in [0.1, 0.15) is 10.4 Å². The summed E-state index contributed by atoms with van der Waals surface area (Å²) in [6.07, 6.45) is 1.71. The minimum Gasteiger partial charge on any atom is -0.258 e. The zero-order valence-electron chi connectivity index (χ0n) is 9.54. The fraction of sp³-hybridized carbons (Fsp3) is 0. The first-order valence-electron chi connectivity index (χ1n) is 5.22. The molecule has 2 aromatic rings. The Bertz CT molecular complexity index is 683. The van der Waals surface area contributed by atoms with Crippen molar-refractivity contribution in [3.63, 3.8) is 0 Å². The zero-order chi connectivity index (χ0) is 13.8. The third-order valence-electron chi connectivity index (χ3n) is 2.39. The van der Waals surface area contributed by atoms with Crippen molar-refractivity contribution in [3.8, 4) is 6.07 Å². The van der Waals surface area contributed by atoms with E-state index in [1.54, 1.807) is 24.3 Å². The SMILES string of the molecule is N#C/C(=C/c1ccc(Cl)s1)c1ccc([N+](=O)[O-])cc1. The third-order valence-corrected chi connectivity index (χ3v) is 3.57. The van der Waals surface area contributed by atoms with Crippen LogP contribution in [0.2, 0.25) is 4.34 Å². The summed E-state index contributed by atoms with van der Waals surface area (Å²) in [5, 5.41) is 19.7. The molecule has 0 N–H and O–H groups in total. The van der Waals surface area contributed by atoms with E-state index in [9.17, 15) is 10.1 Å². The Morgan fingerprint density at radius 3 is 2.47 bits per heavy atom. The Labute approximate surface area is 118 Å². The topological polar surface area (TPSA) is 66.9 Å². The van der Waals surface area contributed by atoms with Crippen LogP contribution in [-0.4, -0.2) is 4.92 Å². The molecule has 4 nitrogen and oxygen atoms in total. The van der Waals surface area contributed by atoms with Gasteiger partial charge in [0.05, 0.1) is 20.9 Å². The number of benzene rings is 1. The number of non-ortho nitro benzene ring substituents is 1. The highest BCUT2D eigenvalue weighted by Crippen LogP contribution is 2.26. The molecule has 6 heteroatoms. The van der Waals surface area contributed by atoms with Gasteiger partial charge in [0.1, 0.15) is 0 Å². The minimum atomic E-state index is -0.474. The fourth-order valence-electron chi connectivity index (χ4n) is 1.49. The number of rotatable bonds is 3. The predicted octanol–water partition coefficient (Wildman–Crippen LogP) is 4.37. The first-order valence-corrected chi connectivity index (χ1v) is 6.41. The number of hydrogen-bond donors (Lipinski definition) is 0. The number of allylic oxidation sites excluding steroid dienone is 1. The summed E-state index contributed by atoms with van der Waals surface area (Å²) in [4.78, 5) is 10.9. The number of hydrogen-bond acceptors (Lipinski definition) is 4. The van der Waals surface area contributed by atoms with Gasteiger partial charge >= 0.3 is 0 Å². The van der Waals surface area contributed by atoms with Crippen molar-refractivity contribution in [1.29, 1.82) is 5.26 Å². The molecule has 0 amide bonds. The van der Waals surface area contributed by atoms with Crippen molar-refractivity contribution in [3.05, 3.63) is 61.3 Å². The van der Waals surface area contributed by atoms with Crippen molar-refractivity contribution < 1.29 is 4.92 Å². The Morgan fingerprint density at radius 2 is 2.00 bits per heavy atom. The number of nitriles is 1. The van der Waals surface area contributed by atoms with Crippen LogP contribution in [0.25, 0.3) is 11.6 Å². The highest BCUT2D eigenvalue weighted by atomic mass is 35.5. The van der Waals surface area contributed by atoms with Crippen LogP contribution < -0.4 is 0 Å². The number of nitro benzene ring substituents is 1. The summed E-state index contributed by atoms with van der Waals surface area (Å²) in [6.45, 7) is 0. The Morgan fingerprint density at radius 1 is 1.32 bits per heavy atom. The Hall–Kier alpha value is -2.16. The lowest BCUT2D eigenvalue weighted by Crippen LogP contribution is -1.88. The van der Waals surface area contributed by atoms with Gasteiger partial charge in [-0.25, -0.2) is 0 Å². The van der Waals surface area contributed by atoms with Crippen LogP contribution in [0.3, 0.4) is 0 Å². The lowest BCUT2D eigenvalue weighted by molar-refractivity contribution is -0.384. The van der Waals surface area contributed by atoms with E-state index in [1.165, 1.54) is 23.5 Å². The molecular formula is C13H7ClN2O2S. The molecule has 0 aliphatic heterocycles. The maximum atomic E-state index is 10.6. The van der Waals surface area contributed by atoms with Crippen LogP contribution in [-0.2, 0) is 0 Å². The third kappa shape index (κ3) is 3.19. The summed E-state index contributed by atoms with van der Waals surface area (Å²) in [5.41, 5.74) is 1.08. The molecule has 1 aromatic carbocycles. The molecule has 0 aliphatic rings. The van der Waals surface area contributed by atoms with Crippen molar-refractivity contribution in [2.24, 2.45) is 0 Å². The first-order chi connectivity index (χ1) is 9.10. The van der Waals surface area contributed by atoms with Crippen molar-refractivity contribution in [2.75, 3.05) is 0 Å². The van der Waals surface area contributed by atoms with E-state index in [-0.39, 0.29) is 5.69 Å². The summed E-state index contributed by atoms with van der Waals surface area (Å²) in [7, 11) is 0. The predicted molar refractivity (Wildman–Crippen MR) is 75.9 cm³/mol. The van der Waals surface area contributed by atoms with Crippen LogP contribution in [0.5, 0.6) is 0 Å². The van der Waals surface area contributed by atoms with Crippen LogP contribution in [0.15, 0.2) is 36.4 Å². The van der Waals surface area contributed by atoms with E-state index in [0.29, 0.717) is 15.5 Å². The van der Waals surface area contributed by atoms with Crippen molar-refractivity contribution >= 4 is 40.3 Å². The molecule has 0 unspecified atom stereocenters. The quantitative estimate of drug-likeness (QED) is 0.479. The number of halogens is 1. The molecule has 0 saturated heterocycles. The average molecular weight is 291 g/mol. The zero-order valence-corrected chi connectivity index (χ0v) is 11.1. The molecule has 0 saturated carbocycles. The second-order valence-electron chi connectivity index (χ2n) is 3.62. The van der Waals surface area contributed by atoms with E-state index < -0.39 is 4.92 Å². The maximum Gasteiger partial charge on any atom is 0.269 e. The van der Waals surface area contributed by atoms with Crippen LogP contribution >= 0.6 is 22.9 Å². The van der Waals surface area contributed by atoms with Gasteiger partial charge in [-0.3, -0.25) is 10.1 Å². The molecule has 0 atom stereocenters. The van der Waals surface area contributed by atoms with Gasteiger partial charge < -0.3 is 0 Å². The minimum absolute atomic E-state index is 0.000192. The largest absolute Gasteiger partial charge is 0.269 e. The molecule has 0 radical (unpaired) electrons. The van der Waals surface area contributed by atoms with Crippen LogP contribution in [0.4, 0.5) is 5.69 Å². The van der Waals surface area contributed by atoms with E-state index in [1.807, 2.05) is 6.07 Å². The number of nitrogens with zero attached hydrogens (tertiary/aromatic N) is 2. The highest BCUT2D eigenvalue weighted by Gasteiger charge is 2.07. The van der Waals surface area contributed by atoms with Gasteiger partial charge in [-0.15, -0.1) is 11.3 Å². The van der Waals surface area contributed by atoms with Gasteiger partial charge in [0.2, 0.25) is 0 Å². The summed E-state index contributed by atoms with van der Waals surface area (Å²) in [5.74, 6) is 0. The van der Waals surface area contributed by atoms with Gasteiger partial charge in [0.15, 0.2) is 0 Å². The van der Waals surface area contributed by atoms with E-state index in [0.717, 1.165) is 4.88 Å². The Balaban J connectivity index is 2.35. The van der Waals surface area contributed by atoms with E-state index >= 15 is 0 Å². The molecule has 0 spiro atoms. The second-order valence-corrected chi connectivity index (χ2v) is 5.36. The normalized spacial score (nSPS) is 11.1. The van der Waals surface area contributed by atoms with Gasteiger partial charge in [0.25, 0.3) is 5.69 Å². The van der Waals surface area contributed by atoms with E-state index in [4.69, 9.17) is 16.9 Å². The molecule has 1 heterocycles. The maximum absolute atomic E-state index is 10.6. The lowest BCUT2D eigenvalue weighted by Gasteiger charge is -1.98. The average Bonchev–Trinajstić information content (AvgIpc) is 2.81. The van der Waals surface area contributed by atoms with Gasteiger partial charge in [-0.2, -0.15) is 5.26 Å². The van der Waals surface area contributed by atoms with E-state index in [2.05, 4.69) is 6.07 Å². The fourth-order valence-corrected chi connectivity index (χ4v) is 2.50. The van der Waals surface area contributed by atoms with Gasteiger partial charge in [-0.1, -0.05) is 11.6 Å². The lowest BCUT2D eigenvalue weighted by atomic mass is 10.1. The molecule has 0 aliphatic carbocycles. The molecular weight excluding hydrogens is 284 g/mol.